The molecule has 2 amide bonds. The maximum Gasteiger partial charge on any atom is 1.00 e. The molecule has 6 aromatic rings. The molecule has 2 aliphatic rings. The van der Waals surface area contributed by atoms with Crippen molar-refractivity contribution in [1.82, 2.24) is 38.5 Å². The normalized spacial score (nSPS) is 17.2. The van der Waals surface area contributed by atoms with Gasteiger partial charge in [-0.2, -0.15) is 30.3 Å². The second-order valence-corrected chi connectivity index (χ2v) is 13.8. The Balaban J connectivity index is 0.000000217. The molecule has 22 heteroatoms. The average molecular weight is 923 g/mol. The number of carbonyl (C=O) groups is 4. The number of esters is 2. The monoisotopic (exact) mass is 922 g/mol. The van der Waals surface area contributed by atoms with Crippen molar-refractivity contribution in [2.75, 3.05) is 41.4 Å². The number of halogens is 4. The first kappa shape index (κ1) is 51.0. The van der Waals surface area contributed by atoms with Gasteiger partial charge in [0.15, 0.2) is 11.4 Å². The summed E-state index contributed by atoms with van der Waals surface area (Å²) in [5.41, 5.74) is 0.298. The third kappa shape index (κ3) is 12.8. The molecule has 2 saturated heterocycles. The zero-order chi connectivity index (χ0) is 45.9. The Bertz CT molecular complexity index is 2780. The van der Waals surface area contributed by atoms with Gasteiger partial charge in [-0.05, 0) is 23.7 Å². The van der Waals surface area contributed by atoms with Crippen LogP contribution in [-0.2, 0) is 19.1 Å². The summed E-state index contributed by atoms with van der Waals surface area (Å²) in [6.45, 7) is 1.01. The van der Waals surface area contributed by atoms with Crippen molar-refractivity contribution >= 4 is 54.2 Å². The van der Waals surface area contributed by atoms with E-state index in [2.05, 4.69) is 54.4 Å². The van der Waals surface area contributed by atoms with E-state index in [-0.39, 0.29) is 80.4 Å². The van der Waals surface area contributed by atoms with E-state index in [4.69, 9.17) is 16.3 Å². The number of fused-ring (bicyclic) bond motifs is 2. The van der Waals surface area contributed by atoms with Crippen LogP contribution in [0.2, 0.25) is 5.28 Å². The number of aliphatic hydroxyl groups is 2. The first-order valence-electron chi connectivity index (χ1n) is 18.5. The van der Waals surface area contributed by atoms with Gasteiger partial charge in [0.1, 0.15) is 17.1 Å². The van der Waals surface area contributed by atoms with Crippen LogP contribution in [0, 0.1) is 29.7 Å². The summed E-state index contributed by atoms with van der Waals surface area (Å²) < 4.78 is 41.6. The number of carbonyl (C=O) groups excluding carboxylic acids is 4. The Morgan fingerprint density at radius 2 is 1.30 bits per heavy atom. The molecule has 324 valence electrons. The summed E-state index contributed by atoms with van der Waals surface area (Å²) in [4.78, 5) is 66.3. The average Bonchev–Trinajstić information content (AvgIpc) is 4.08. The molecule has 4 aromatic heterocycles. The number of likely N-dealkylation sites (tertiary alicyclic amines) is 2. The molecule has 64 heavy (non-hydrogen) atoms. The Morgan fingerprint density at radius 3 is 1.80 bits per heavy atom. The topological polar surface area (TPSA) is 194 Å². The van der Waals surface area contributed by atoms with Crippen molar-refractivity contribution in [3.63, 3.8) is 0 Å². The largest absolute Gasteiger partial charge is 1.00 e. The van der Waals surface area contributed by atoms with Crippen LogP contribution in [0.5, 0.6) is 0 Å². The van der Waals surface area contributed by atoms with E-state index < -0.39 is 36.6 Å². The molecule has 8 rings (SSSR count). The van der Waals surface area contributed by atoms with Crippen LogP contribution in [-0.4, -0.2) is 133 Å². The number of hydrogen-bond donors (Lipinski definition) is 2. The van der Waals surface area contributed by atoms with Crippen LogP contribution in [0.25, 0.3) is 22.7 Å². The van der Waals surface area contributed by atoms with Crippen molar-refractivity contribution in [3.05, 3.63) is 119 Å². The summed E-state index contributed by atoms with van der Waals surface area (Å²) in [6.07, 6.45) is 7.23. The number of imidazole rings is 2. The number of ether oxygens (including phenoxy) is 2. The first-order valence-corrected chi connectivity index (χ1v) is 18.9. The van der Waals surface area contributed by atoms with E-state index in [1.54, 1.807) is 84.1 Å². The van der Waals surface area contributed by atoms with Gasteiger partial charge in [-0.15, -0.1) is 5.92 Å². The minimum Gasteiger partial charge on any atom is -0.464 e. The molecule has 0 saturated carbocycles. The smallest absolute Gasteiger partial charge is 0.464 e. The van der Waals surface area contributed by atoms with Gasteiger partial charge < -0.3 is 29.5 Å². The van der Waals surface area contributed by atoms with E-state index in [1.165, 1.54) is 30.1 Å². The van der Waals surface area contributed by atoms with Gasteiger partial charge in [-0.1, -0.05) is 35.5 Å². The number of nitrogens with zero attached hydrogens (tertiary/aromatic N) is 8. The SMILES string of the molecule is CN1CC[C@@](O)(C#Cc2c[c-]ccc2)C1=O.COC(=O)c1cc2nccn2c(-c2cccc(C#C[C@@]3(O)CCN(C)C3=O)c2)n1.COC(=O)c1cc2nccn2c(Cl)n1.FB(F)F.[K+]. The molecule has 2 atom stereocenters. The van der Waals surface area contributed by atoms with Gasteiger partial charge in [0.2, 0.25) is 16.5 Å². The van der Waals surface area contributed by atoms with Crippen LogP contribution in [0.15, 0.2) is 85.5 Å². The zero-order valence-corrected chi connectivity index (χ0v) is 38.8. The fraction of sp³-hybridized carbons (Fsp3) is 0.238. The van der Waals surface area contributed by atoms with Gasteiger partial charge in [-0.3, -0.25) is 31.3 Å². The molecule has 6 heterocycles. The maximum atomic E-state index is 12.1. The molecular weight excluding hydrogens is 887 g/mol. The third-order valence-corrected chi connectivity index (χ3v) is 9.47. The fourth-order valence-electron chi connectivity index (χ4n) is 5.93. The van der Waals surface area contributed by atoms with Gasteiger partial charge in [0.25, 0.3) is 11.8 Å². The van der Waals surface area contributed by atoms with Gasteiger partial charge >= 0.3 is 70.9 Å². The van der Waals surface area contributed by atoms with Crippen molar-refractivity contribution < 1.29 is 103 Å². The van der Waals surface area contributed by atoms with Crippen LogP contribution >= 0.6 is 11.6 Å². The van der Waals surface area contributed by atoms with E-state index in [0.717, 1.165) is 5.56 Å². The Labute approximate surface area is 412 Å². The summed E-state index contributed by atoms with van der Waals surface area (Å²) in [5, 5.41) is 20.7. The second-order valence-electron chi connectivity index (χ2n) is 13.5. The van der Waals surface area contributed by atoms with Gasteiger partial charge in [0.05, 0.1) is 14.2 Å². The molecule has 2 fully saturated rings. The number of rotatable bonds is 3. The molecule has 0 spiro atoms. The number of aromatic nitrogens is 6. The van der Waals surface area contributed by atoms with Crippen LogP contribution in [0.3, 0.4) is 0 Å². The molecule has 2 aromatic carbocycles. The number of likely N-dealkylation sites (N-methyl/N-ethyl adjacent to an activating group) is 2. The Morgan fingerprint density at radius 1 is 0.797 bits per heavy atom. The van der Waals surface area contributed by atoms with Crippen molar-refractivity contribution in [1.29, 1.82) is 0 Å². The molecule has 2 aliphatic heterocycles. The standard InChI is InChI=1S/C21H18N4O4.C13H12NO2.C8H6ClN3O2.BF3.K/c1-24-10-8-21(28,20(24)27)7-6-14-4-3-5-15(12-14)18-23-16(19(26)29-2)13-17-22-9-11-25(17)18;1-14-10-9-13(16,12(14)15)8-7-11-5-3-2-4-6-11;1-14-7(13)5-4-6-10-2-3-12(6)8(9)11-5;2-1(3)4;/h3-5,9,11-13,28H,8,10H2,1-2H3;2-3,5-6,16H,9-10H2,1H3;2-4H,1H3;;/q;-1;;;+1/t21-;13-;;;/m10.../s1. The summed E-state index contributed by atoms with van der Waals surface area (Å²) >= 11 is 5.81. The van der Waals surface area contributed by atoms with Gasteiger partial charge in [-0.25, -0.2) is 29.5 Å². The number of hydrogen-bond acceptors (Lipinski definition) is 12. The van der Waals surface area contributed by atoms with Crippen LogP contribution in [0.4, 0.5) is 12.9 Å². The Hall–Kier alpha value is -5.62. The summed E-state index contributed by atoms with van der Waals surface area (Å²) in [5.74, 6) is 9.74. The van der Waals surface area contributed by atoms with Crippen molar-refractivity contribution in [2.24, 2.45) is 0 Å². The zero-order valence-electron chi connectivity index (χ0n) is 34.9. The second kappa shape index (κ2) is 22.8. The summed E-state index contributed by atoms with van der Waals surface area (Å²) in [7, 11) is 2.22. The van der Waals surface area contributed by atoms with Crippen LogP contribution in [0.1, 0.15) is 44.9 Å². The van der Waals surface area contributed by atoms with E-state index in [0.29, 0.717) is 47.8 Å². The van der Waals surface area contributed by atoms with E-state index in [9.17, 15) is 42.3 Å². The number of amides is 2. The van der Waals surface area contributed by atoms with Crippen molar-refractivity contribution in [3.8, 4) is 35.1 Å². The van der Waals surface area contributed by atoms with E-state index >= 15 is 0 Å². The molecule has 0 aliphatic carbocycles. The number of methoxy groups -OCH3 is 2. The maximum absolute atomic E-state index is 12.1. The quantitative estimate of drug-likeness (QED) is 0.0828. The predicted octanol–water partition coefficient (Wildman–Crippen LogP) is 0.612. The molecule has 0 unspecified atom stereocenters. The van der Waals surface area contributed by atoms with Crippen molar-refractivity contribution in [2.45, 2.75) is 24.0 Å². The molecule has 16 nitrogen and oxygen atoms in total. The molecule has 0 radical (unpaired) electrons. The van der Waals surface area contributed by atoms with Gasteiger partial charge in [0, 0.05) is 88.1 Å². The minimum absolute atomic E-state index is 0. The summed E-state index contributed by atoms with van der Waals surface area (Å²) in [6, 6.07) is 20.3. The first-order chi connectivity index (χ1) is 30.0. The Kier molecular flexibility index (Phi) is 18.2. The minimum atomic E-state index is -3.67. The molecule has 2 N–H and O–H groups in total. The van der Waals surface area contributed by atoms with Crippen LogP contribution < -0.4 is 51.4 Å². The number of benzene rings is 2. The molecular formula is C42H36BClF3KN8O8. The molecule has 0 bridgehead atoms. The third-order valence-electron chi connectivity index (χ3n) is 9.20. The fourth-order valence-corrected chi connectivity index (χ4v) is 6.16. The van der Waals surface area contributed by atoms with E-state index in [1.807, 2.05) is 18.2 Å². The predicted molar refractivity (Wildman–Crippen MR) is 222 cm³/mol.